The fraction of sp³-hybridized carbons (Fsp3) is 0.250. The van der Waals surface area contributed by atoms with Gasteiger partial charge in [0.2, 0.25) is 5.82 Å². The molecule has 0 bridgehead atoms. The van der Waals surface area contributed by atoms with Crippen molar-refractivity contribution in [2.24, 2.45) is 0 Å². The van der Waals surface area contributed by atoms with Gasteiger partial charge in [-0.1, -0.05) is 24.1 Å². The summed E-state index contributed by atoms with van der Waals surface area (Å²) in [6.45, 7) is 0. The summed E-state index contributed by atoms with van der Waals surface area (Å²) in [7, 11) is 0. The highest BCUT2D eigenvalue weighted by molar-refractivity contribution is 7.10. The highest BCUT2D eigenvalue weighted by Crippen LogP contribution is 2.31. The summed E-state index contributed by atoms with van der Waals surface area (Å²) in [4.78, 5) is 21.0. The minimum atomic E-state index is -0.0401. The summed E-state index contributed by atoms with van der Waals surface area (Å²) >= 11 is 1.65. The molecule has 0 unspecified atom stereocenters. The fourth-order valence-corrected chi connectivity index (χ4v) is 4.37. The normalized spacial score (nSPS) is 15.4. The smallest absolute Gasteiger partial charge is 0.326 e. The summed E-state index contributed by atoms with van der Waals surface area (Å²) in [5, 5.41) is 6.09. The molecule has 0 spiro atoms. The molecule has 3 aromatic heterocycles. The van der Waals surface area contributed by atoms with Gasteiger partial charge in [-0.3, -0.25) is 4.57 Å². The first kappa shape index (κ1) is 16.3. The molecule has 0 aliphatic heterocycles. The van der Waals surface area contributed by atoms with E-state index in [-0.39, 0.29) is 5.69 Å². The third-order valence-corrected chi connectivity index (χ3v) is 5.88. The van der Waals surface area contributed by atoms with E-state index in [9.17, 15) is 4.79 Å². The number of aromatic nitrogens is 4. The van der Waals surface area contributed by atoms with Crippen LogP contribution in [0.15, 0.2) is 45.0 Å². The average molecular weight is 378 g/mol. The number of hydrogen-bond acceptors (Lipinski definition) is 5. The molecule has 136 valence electrons. The van der Waals surface area contributed by atoms with Crippen LogP contribution in [0.4, 0.5) is 0 Å². The van der Waals surface area contributed by atoms with Crippen molar-refractivity contribution in [3.05, 3.63) is 57.0 Å². The van der Waals surface area contributed by atoms with E-state index in [1.165, 1.54) is 12.8 Å². The zero-order valence-corrected chi connectivity index (χ0v) is 15.4. The minimum Gasteiger partial charge on any atom is -0.334 e. The van der Waals surface area contributed by atoms with Gasteiger partial charge in [0.15, 0.2) is 0 Å². The quantitative estimate of drug-likeness (QED) is 0.557. The lowest BCUT2D eigenvalue weighted by Gasteiger charge is -2.11. The number of rotatable bonds is 4. The van der Waals surface area contributed by atoms with Crippen LogP contribution in [-0.4, -0.2) is 19.7 Å². The Morgan fingerprint density at radius 2 is 2.11 bits per heavy atom. The van der Waals surface area contributed by atoms with Crippen molar-refractivity contribution < 1.29 is 4.52 Å². The zero-order valence-electron chi connectivity index (χ0n) is 14.6. The Bertz CT molecular complexity index is 1160. The van der Waals surface area contributed by atoms with Crippen molar-refractivity contribution in [3.63, 3.8) is 0 Å². The number of nitrogens with one attached hydrogen (secondary N) is 1. The Morgan fingerprint density at radius 1 is 1.22 bits per heavy atom. The third kappa shape index (κ3) is 3.04. The Labute approximate surface area is 159 Å². The van der Waals surface area contributed by atoms with Crippen LogP contribution >= 0.6 is 11.3 Å². The molecule has 7 heteroatoms. The van der Waals surface area contributed by atoms with Crippen molar-refractivity contribution in [1.29, 1.82) is 0 Å². The maximum Gasteiger partial charge on any atom is 0.326 e. The van der Waals surface area contributed by atoms with Crippen molar-refractivity contribution in [3.8, 4) is 11.4 Å². The van der Waals surface area contributed by atoms with E-state index in [0.29, 0.717) is 17.8 Å². The molecule has 6 nitrogen and oxygen atoms in total. The molecule has 3 heterocycles. The second kappa shape index (κ2) is 6.66. The highest BCUT2D eigenvalue weighted by atomic mass is 32.1. The van der Waals surface area contributed by atoms with Crippen molar-refractivity contribution in [2.75, 3.05) is 0 Å². The Hall–Kier alpha value is -2.93. The zero-order chi connectivity index (χ0) is 18.2. The number of aromatic amines is 1. The predicted molar refractivity (Wildman–Crippen MR) is 107 cm³/mol. The molecular formula is C20H18N4O2S. The van der Waals surface area contributed by atoms with Crippen LogP contribution in [0.5, 0.6) is 0 Å². The molecule has 0 saturated heterocycles. The van der Waals surface area contributed by atoms with Crippen LogP contribution in [0.3, 0.4) is 0 Å². The van der Waals surface area contributed by atoms with E-state index < -0.39 is 0 Å². The molecule has 0 atom stereocenters. The molecule has 1 N–H and O–H groups in total. The van der Waals surface area contributed by atoms with Crippen LogP contribution in [-0.2, 0) is 0 Å². The lowest BCUT2D eigenvalue weighted by Crippen LogP contribution is -2.20. The van der Waals surface area contributed by atoms with E-state index >= 15 is 0 Å². The van der Waals surface area contributed by atoms with Crippen molar-refractivity contribution in [1.82, 2.24) is 19.7 Å². The molecule has 1 saturated carbocycles. The monoisotopic (exact) mass is 378 g/mol. The van der Waals surface area contributed by atoms with Gasteiger partial charge in [0, 0.05) is 22.6 Å². The number of thiophene rings is 1. The van der Waals surface area contributed by atoms with Gasteiger partial charge >= 0.3 is 5.69 Å². The Balaban J connectivity index is 1.46. The predicted octanol–water partition coefficient (Wildman–Crippen LogP) is 4.73. The van der Waals surface area contributed by atoms with Crippen molar-refractivity contribution >= 4 is 34.5 Å². The first-order chi connectivity index (χ1) is 13.3. The van der Waals surface area contributed by atoms with Gasteiger partial charge in [-0.2, -0.15) is 4.98 Å². The Morgan fingerprint density at radius 3 is 2.93 bits per heavy atom. The van der Waals surface area contributed by atoms with Gasteiger partial charge in [0.05, 0.1) is 11.0 Å². The second-order valence-corrected chi connectivity index (χ2v) is 7.75. The summed E-state index contributed by atoms with van der Waals surface area (Å²) in [6, 6.07) is 10.2. The van der Waals surface area contributed by atoms with Crippen LogP contribution in [0, 0.1) is 0 Å². The highest BCUT2D eigenvalue weighted by Gasteiger charge is 2.21. The maximum absolute atomic E-state index is 12.4. The maximum atomic E-state index is 12.4. The van der Waals surface area contributed by atoms with Crippen LogP contribution in [0.2, 0.25) is 0 Å². The molecule has 0 radical (unpaired) electrons. The molecule has 0 amide bonds. The molecule has 1 aromatic carbocycles. The van der Waals surface area contributed by atoms with Crippen LogP contribution in [0.1, 0.15) is 42.5 Å². The van der Waals surface area contributed by atoms with Gasteiger partial charge in [-0.25, -0.2) is 4.79 Å². The first-order valence-corrected chi connectivity index (χ1v) is 9.96. The second-order valence-electron chi connectivity index (χ2n) is 6.78. The molecule has 4 aromatic rings. The number of benzene rings is 1. The largest absolute Gasteiger partial charge is 0.334 e. The Kier molecular flexibility index (Phi) is 4.01. The first-order valence-electron chi connectivity index (χ1n) is 9.08. The lowest BCUT2D eigenvalue weighted by molar-refractivity contribution is 0.411. The molecule has 5 rings (SSSR count). The average Bonchev–Trinajstić information content (AvgIpc) is 3.44. The SMILES string of the molecule is O=c1[nH]c2cc(-c3noc(/C=C/c4cccs4)n3)ccc2n1C1CCCC1. The summed E-state index contributed by atoms with van der Waals surface area (Å²) in [6.07, 6.45) is 8.27. The minimum absolute atomic E-state index is 0.0401. The van der Waals surface area contributed by atoms with Gasteiger partial charge in [0.25, 0.3) is 5.89 Å². The molecule has 1 aliphatic rings. The molecule has 1 fully saturated rings. The van der Waals surface area contributed by atoms with Crippen LogP contribution < -0.4 is 5.69 Å². The van der Waals surface area contributed by atoms with Gasteiger partial charge < -0.3 is 9.51 Å². The van der Waals surface area contributed by atoms with Crippen molar-refractivity contribution in [2.45, 2.75) is 31.7 Å². The van der Waals surface area contributed by atoms with Gasteiger partial charge in [0.1, 0.15) is 0 Å². The number of fused-ring (bicyclic) bond motifs is 1. The topological polar surface area (TPSA) is 76.7 Å². The lowest BCUT2D eigenvalue weighted by atomic mass is 10.1. The van der Waals surface area contributed by atoms with Gasteiger partial charge in [-0.15, -0.1) is 11.3 Å². The molecule has 27 heavy (non-hydrogen) atoms. The summed E-state index contributed by atoms with van der Waals surface area (Å²) in [5.41, 5.74) is 2.53. The fourth-order valence-electron chi connectivity index (χ4n) is 3.75. The van der Waals surface area contributed by atoms with Crippen LogP contribution in [0.25, 0.3) is 34.6 Å². The number of nitrogens with zero attached hydrogens (tertiary/aromatic N) is 3. The van der Waals surface area contributed by atoms with Gasteiger partial charge in [-0.05, 0) is 48.6 Å². The van der Waals surface area contributed by atoms with E-state index in [2.05, 4.69) is 15.1 Å². The number of hydrogen-bond donors (Lipinski definition) is 1. The summed E-state index contributed by atoms with van der Waals surface area (Å²) in [5.74, 6) is 0.965. The standard InChI is InChI=1S/C20H18N4O2S/c25-20-21-16-12-13(7-9-17(16)24(20)14-4-1-2-5-14)19-22-18(26-23-19)10-8-15-6-3-11-27-15/h3,6-12,14H,1-2,4-5H2,(H,21,25)/b10-8+. The third-order valence-electron chi connectivity index (χ3n) is 5.04. The molecule has 1 aliphatic carbocycles. The van der Waals surface area contributed by atoms with E-state index in [4.69, 9.17) is 4.52 Å². The molecular weight excluding hydrogens is 360 g/mol. The number of H-pyrrole nitrogens is 1. The number of imidazole rings is 1. The van der Waals surface area contributed by atoms with E-state index in [1.54, 1.807) is 17.4 Å². The summed E-state index contributed by atoms with van der Waals surface area (Å²) < 4.78 is 7.22. The van der Waals surface area contributed by atoms with E-state index in [1.807, 2.05) is 46.4 Å². The van der Waals surface area contributed by atoms with E-state index in [0.717, 1.165) is 34.3 Å².